The molecule has 0 unspecified atom stereocenters. The van der Waals surface area contributed by atoms with Crippen LogP contribution in [0.1, 0.15) is 26.3 Å². The Labute approximate surface area is 128 Å². The minimum atomic E-state index is -1.31. The number of aryl methyl sites for hydroxylation is 1. The van der Waals surface area contributed by atoms with Gasteiger partial charge in [-0.15, -0.1) is 0 Å². The fourth-order valence-electron chi connectivity index (χ4n) is 1.83. The van der Waals surface area contributed by atoms with E-state index in [0.29, 0.717) is 10.0 Å². The van der Waals surface area contributed by atoms with Gasteiger partial charge in [0.1, 0.15) is 5.82 Å². The number of carboxylic acid groups (broad SMARTS) is 1. The lowest BCUT2D eigenvalue weighted by Crippen LogP contribution is -2.17. The van der Waals surface area contributed by atoms with Crippen LogP contribution in [0.2, 0.25) is 0 Å². The van der Waals surface area contributed by atoms with Crippen molar-refractivity contribution < 1.29 is 19.1 Å². The van der Waals surface area contributed by atoms with Gasteiger partial charge >= 0.3 is 5.97 Å². The van der Waals surface area contributed by atoms with E-state index in [1.807, 2.05) is 13.0 Å². The van der Waals surface area contributed by atoms with Gasteiger partial charge in [0, 0.05) is 4.47 Å². The van der Waals surface area contributed by atoms with Gasteiger partial charge in [0.2, 0.25) is 0 Å². The Morgan fingerprint density at radius 3 is 2.43 bits per heavy atom. The van der Waals surface area contributed by atoms with E-state index in [1.165, 1.54) is 12.1 Å². The lowest BCUT2D eigenvalue weighted by molar-refractivity contribution is 0.0697. The van der Waals surface area contributed by atoms with Gasteiger partial charge in [0.25, 0.3) is 5.91 Å². The Morgan fingerprint density at radius 1 is 1.14 bits per heavy atom. The van der Waals surface area contributed by atoms with Crippen molar-refractivity contribution in [3.63, 3.8) is 0 Å². The summed E-state index contributed by atoms with van der Waals surface area (Å²) < 4.78 is 14.4. The van der Waals surface area contributed by atoms with Crippen LogP contribution in [0.3, 0.4) is 0 Å². The van der Waals surface area contributed by atoms with Gasteiger partial charge in [-0.2, -0.15) is 0 Å². The fraction of sp³-hybridized carbons (Fsp3) is 0.0667. The number of halogens is 2. The summed E-state index contributed by atoms with van der Waals surface area (Å²) >= 11 is 3.29. The van der Waals surface area contributed by atoms with E-state index in [-0.39, 0.29) is 11.3 Å². The number of aromatic carboxylic acids is 1. The second-order valence-electron chi connectivity index (χ2n) is 4.36. The van der Waals surface area contributed by atoms with Crippen LogP contribution in [0.4, 0.5) is 10.1 Å². The SMILES string of the molecule is Cc1cccc(C(=O)Nc2c(F)cccc2C(=O)O)c1Br. The van der Waals surface area contributed by atoms with Crippen LogP contribution >= 0.6 is 15.9 Å². The normalized spacial score (nSPS) is 10.2. The van der Waals surface area contributed by atoms with Crippen molar-refractivity contribution in [1.82, 2.24) is 0 Å². The zero-order valence-electron chi connectivity index (χ0n) is 11.0. The van der Waals surface area contributed by atoms with Gasteiger partial charge in [-0.1, -0.05) is 18.2 Å². The van der Waals surface area contributed by atoms with E-state index in [0.717, 1.165) is 11.6 Å². The molecule has 0 saturated heterocycles. The van der Waals surface area contributed by atoms with Gasteiger partial charge < -0.3 is 10.4 Å². The summed E-state index contributed by atoms with van der Waals surface area (Å²) in [5.41, 5.74) is 0.500. The number of para-hydroxylation sites is 1. The van der Waals surface area contributed by atoms with Gasteiger partial charge in [-0.3, -0.25) is 4.79 Å². The van der Waals surface area contributed by atoms with Crippen LogP contribution < -0.4 is 5.32 Å². The number of carboxylic acids is 1. The maximum atomic E-state index is 13.8. The largest absolute Gasteiger partial charge is 0.478 e. The number of benzene rings is 2. The summed E-state index contributed by atoms with van der Waals surface area (Å²) in [4.78, 5) is 23.3. The van der Waals surface area contributed by atoms with Gasteiger partial charge in [-0.25, -0.2) is 9.18 Å². The standard InChI is InChI=1S/C15H11BrFNO3/c1-8-4-2-5-9(12(8)16)14(19)18-13-10(15(20)21)6-3-7-11(13)17/h2-7H,1H3,(H,18,19)(H,20,21). The number of anilines is 1. The predicted molar refractivity (Wildman–Crippen MR) is 80.2 cm³/mol. The van der Waals surface area contributed by atoms with Crippen molar-refractivity contribution in [3.8, 4) is 0 Å². The first kappa shape index (κ1) is 15.2. The van der Waals surface area contributed by atoms with Crippen molar-refractivity contribution in [2.24, 2.45) is 0 Å². The average Bonchev–Trinajstić information content (AvgIpc) is 2.43. The molecule has 6 heteroatoms. The van der Waals surface area contributed by atoms with E-state index in [1.54, 1.807) is 12.1 Å². The van der Waals surface area contributed by atoms with Crippen LogP contribution in [0, 0.1) is 12.7 Å². The average molecular weight is 352 g/mol. The third-order valence-electron chi connectivity index (χ3n) is 2.92. The summed E-state index contributed by atoms with van der Waals surface area (Å²) in [5, 5.41) is 11.4. The first-order valence-electron chi connectivity index (χ1n) is 6.00. The van der Waals surface area contributed by atoms with Crippen molar-refractivity contribution in [2.75, 3.05) is 5.32 Å². The summed E-state index contributed by atoms with van der Waals surface area (Å²) in [5.74, 6) is -2.70. The molecule has 4 nitrogen and oxygen atoms in total. The van der Waals surface area contributed by atoms with E-state index in [2.05, 4.69) is 21.2 Å². The van der Waals surface area contributed by atoms with Crippen LogP contribution in [0.25, 0.3) is 0 Å². The minimum Gasteiger partial charge on any atom is -0.478 e. The molecule has 2 aromatic carbocycles. The summed E-state index contributed by atoms with van der Waals surface area (Å²) in [6.45, 7) is 1.81. The highest BCUT2D eigenvalue weighted by atomic mass is 79.9. The van der Waals surface area contributed by atoms with Gasteiger partial charge in [0.15, 0.2) is 0 Å². The third kappa shape index (κ3) is 3.11. The lowest BCUT2D eigenvalue weighted by atomic mass is 10.1. The smallest absolute Gasteiger partial charge is 0.337 e. The molecule has 0 aromatic heterocycles. The van der Waals surface area contributed by atoms with E-state index >= 15 is 0 Å². The highest BCUT2D eigenvalue weighted by molar-refractivity contribution is 9.10. The van der Waals surface area contributed by atoms with E-state index in [4.69, 9.17) is 5.11 Å². The molecular formula is C15H11BrFNO3. The molecule has 21 heavy (non-hydrogen) atoms. The first-order chi connectivity index (χ1) is 9.91. The monoisotopic (exact) mass is 351 g/mol. The van der Waals surface area contributed by atoms with Crippen molar-refractivity contribution in [1.29, 1.82) is 0 Å². The highest BCUT2D eigenvalue weighted by Gasteiger charge is 2.18. The number of amides is 1. The van der Waals surface area contributed by atoms with Crippen molar-refractivity contribution in [3.05, 3.63) is 63.4 Å². The molecule has 2 rings (SSSR count). The molecule has 0 aliphatic carbocycles. The number of nitrogens with one attached hydrogen (secondary N) is 1. The Bertz CT molecular complexity index is 731. The van der Waals surface area contributed by atoms with Crippen molar-refractivity contribution >= 4 is 33.5 Å². The van der Waals surface area contributed by atoms with Crippen LogP contribution in [-0.2, 0) is 0 Å². The Balaban J connectivity index is 2.41. The Kier molecular flexibility index (Phi) is 4.37. The molecule has 2 N–H and O–H groups in total. The fourth-order valence-corrected chi connectivity index (χ4v) is 2.28. The molecule has 0 saturated carbocycles. The van der Waals surface area contributed by atoms with Crippen LogP contribution in [0.15, 0.2) is 40.9 Å². The molecule has 0 radical (unpaired) electrons. The Morgan fingerprint density at radius 2 is 1.76 bits per heavy atom. The number of hydrogen-bond acceptors (Lipinski definition) is 2. The molecule has 2 aromatic rings. The molecule has 0 aliphatic rings. The quantitative estimate of drug-likeness (QED) is 0.882. The summed E-state index contributed by atoms with van der Waals surface area (Å²) in [6.07, 6.45) is 0. The molecule has 0 spiro atoms. The number of hydrogen-bond donors (Lipinski definition) is 2. The molecule has 0 bridgehead atoms. The molecule has 0 fully saturated rings. The number of carbonyl (C=O) groups excluding carboxylic acids is 1. The van der Waals surface area contributed by atoms with Crippen LogP contribution in [0.5, 0.6) is 0 Å². The molecule has 0 aliphatic heterocycles. The lowest BCUT2D eigenvalue weighted by Gasteiger charge is -2.11. The third-order valence-corrected chi connectivity index (χ3v) is 3.97. The second kappa shape index (κ2) is 6.05. The van der Waals surface area contributed by atoms with Crippen molar-refractivity contribution in [2.45, 2.75) is 6.92 Å². The molecule has 0 heterocycles. The number of carbonyl (C=O) groups is 2. The van der Waals surface area contributed by atoms with Crippen LogP contribution in [-0.4, -0.2) is 17.0 Å². The topological polar surface area (TPSA) is 66.4 Å². The molecule has 1 amide bonds. The molecule has 0 atom stereocenters. The molecular weight excluding hydrogens is 341 g/mol. The zero-order chi connectivity index (χ0) is 15.6. The number of rotatable bonds is 3. The van der Waals surface area contributed by atoms with E-state index in [9.17, 15) is 14.0 Å². The highest BCUT2D eigenvalue weighted by Crippen LogP contribution is 2.24. The van der Waals surface area contributed by atoms with Gasteiger partial charge in [0.05, 0.1) is 16.8 Å². The maximum absolute atomic E-state index is 13.8. The van der Waals surface area contributed by atoms with E-state index < -0.39 is 17.7 Å². The first-order valence-corrected chi connectivity index (χ1v) is 6.79. The summed E-state index contributed by atoms with van der Waals surface area (Å²) in [6, 6.07) is 8.66. The minimum absolute atomic E-state index is 0.299. The maximum Gasteiger partial charge on any atom is 0.337 e. The van der Waals surface area contributed by atoms with Gasteiger partial charge in [-0.05, 0) is 46.6 Å². The summed E-state index contributed by atoms with van der Waals surface area (Å²) in [7, 11) is 0. The molecule has 108 valence electrons. The second-order valence-corrected chi connectivity index (χ2v) is 5.15. The predicted octanol–water partition coefficient (Wildman–Crippen LogP) is 3.85. The zero-order valence-corrected chi connectivity index (χ0v) is 12.6. The Hall–Kier alpha value is -2.21.